The topological polar surface area (TPSA) is 95.1 Å². The summed E-state index contributed by atoms with van der Waals surface area (Å²) in [4.78, 5) is 22.0. The van der Waals surface area contributed by atoms with E-state index in [1.807, 2.05) is 18.2 Å². The first-order chi connectivity index (χ1) is 14.6. The summed E-state index contributed by atoms with van der Waals surface area (Å²) in [5.74, 6) is 0.498. The quantitative estimate of drug-likeness (QED) is 0.527. The van der Waals surface area contributed by atoms with Gasteiger partial charge in [0, 0.05) is 23.1 Å². The number of aromatic nitrogens is 4. The van der Waals surface area contributed by atoms with Crippen molar-refractivity contribution in [3.05, 3.63) is 47.7 Å². The fourth-order valence-electron chi connectivity index (χ4n) is 4.14. The molecule has 30 heavy (non-hydrogen) atoms. The van der Waals surface area contributed by atoms with Crippen LogP contribution < -0.4 is 5.32 Å². The molecule has 1 N–H and O–H groups in total. The molecule has 4 aromatic rings. The maximum absolute atomic E-state index is 12.7. The molecule has 9 heteroatoms. The summed E-state index contributed by atoms with van der Waals surface area (Å²) in [6.07, 6.45) is 6.55. The third-order valence-electron chi connectivity index (χ3n) is 5.41. The highest BCUT2D eigenvalue weighted by Gasteiger charge is 2.27. The van der Waals surface area contributed by atoms with Crippen LogP contribution in [0.5, 0.6) is 0 Å². The molecule has 2 atom stereocenters. The fraction of sp³-hybridized carbons (Fsp3) is 0.333. The number of ether oxygens (including phenoxy) is 1. The molecule has 1 aliphatic heterocycles. The van der Waals surface area contributed by atoms with Crippen LogP contribution in [-0.4, -0.2) is 38.3 Å². The molecular formula is C21H20ClN5O3. The number of imidazole rings is 1. The number of nitrogens with zero attached hydrogens (tertiary/aromatic N) is 4. The number of benzene rings is 1. The van der Waals surface area contributed by atoms with Crippen LogP contribution in [0, 0.1) is 0 Å². The third kappa shape index (κ3) is 3.53. The number of hydrogen-bond acceptors (Lipinski definition) is 6. The van der Waals surface area contributed by atoms with E-state index in [9.17, 15) is 4.79 Å². The highest BCUT2D eigenvalue weighted by molar-refractivity contribution is 6.31. The molecule has 0 unspecified atom stereocenters. The summed E-state index contributed by atoms with van der Waals surface area (Å²) in [5, 5.41) is 7.97. The summed E-state index contributed by atoms with van der Waals surface area (Å²) >= 11 is 6.29. The number of amides is 1. The lowest BCUT2D eigenvalue weighted by Crippen LogP contribution is -2.27. The Hall–Kier alpha value is -2.97. The molecule has 8 nitrogen and oxygen atoms in total. The van der Waals surface area contributed by atoms with Crippen LogP contribution >= 0.6 is 11.6 Å². The van der Waals surface area contributed by atoms with E-state index in [0.29, 0.717) is 23.1 Å². The summed E-state index contributed by atoms with van der Waals surface area (Å²) in [7, 11) is 0. The molecule has 0 spiro atoms. The Balaban J connectivity index is 1.63. The Morgan fingerprint density at radius 2 is 2.23 bits per heavy atom. The second-order valence-electron chi connectivity index (χ2n) is 7.55. The molecule has 1 aromatic carbocycles. The molecule has 0 aliphatic carbocycles. The zero-order valence-electron chi connectivity index (χ0n) is 16.3. The zero-order chi connectivity index (χ0) is 20.7. The predicted molar refractivity (Wildman–Crippen MR) is 113 cm³/mol. The lowest BCUT2D eigenvalue weighted by molar-refractivity contribution is -0.115. The van der Waals surface area contributed by atoms with Crippen molar-refractivity contribution in [2.24, 2.45) is 0 Å². The number of hydrogen-bond donors (Lipinski definition) is 1. The summed E-state index contributed by atoms with van der Waals surface area (Å²) in [6, 6.07) is 5.81. The molecule has 0 saturated carbocycles. The van der Waals surface area contributed by atoms with Crippen LogP contribution in [0.15, 0.2) is 41.4 Å². The summed E-state index contributed by atoms with van der Waals surface area (Å²) in [5.41, 5.74) is 3.06. The minimum atomic E-state index is -0.190. The van der Waals surface area contributed by atoms with Crippen molar-refractivity contribution in [1.29, 1.82) is 0 Å². The van der Waals surface area contributed by atoms with Gasteiger partial charge in [-0.3, -0.25) is 9.78 Å². The first kappa shape index (κ1) is 19.0. The molecule has 5 rings (SSSR count). The van der Waals surface area contributed by atoms with Crippen LogP contribution in [-0.2, 0) is 16.0 Å². The average Bonchev–Trinajstić information content (AvgIpc) is 3.35. The first-order valence-electron chi connectivity index (χ1n) is 9.84. The van der Waals surface area contributed by atoms with E-state index >= 15 is 0 Å². The van der Waals surface area contributed by atoms with Crippen LogP contribution in [0.1, 0.15) is 31.6 Å². The normalized spacial score (nSPS) is 19.4. The lowest BCUT2D eigenvalue weighted by Gasteiger charge is -2.30. The maximum atomic E-state index is 12.7. The molecular weight excluding hydrogens is 406 g/mol. The van der Waals surface area contributed by atoms with Gasteiger partial charge in [-0.05, 0) is 38.0 Å². The number of pyridine rings is 1. The van der Waals surface area contributed by atoms with Gasteiger partial charge in [0.15, 0.2) is 0 Å². The number of anilines is 1. The standard InChI is InChI=1S/C21H20ClN5O3/c1-12-6-15(4-5-29-12)27-19(8-20(28)25-14-9-24-30-11-14)26-18-10-23-17-3-2-13(22)7-16(17)21(18)27/h2-3,7,9-12,15H,4-6,8H2,1H3,(H,25,28)/t12-,15-/m1/s1. The zero-order valence-corrected chi connectivity index (χ0v) is 17.1. The van der Waals surface area contributed by atoms with Crippen LogP contribution in [0.25, 0.3) is 21.9 Å². The van der Waals surface area contributed by atoms with E-state index in [1.165, 1.54) is 12.5 Å². The van der Waals surface area contributed by atoms with E-state index in [-0.39, 0.29) is 24.5 Å². The largest absolute Gasteiger partial charge is 0.378 e. The summed E-state index contributed by atoms with van der Waals surface area (Å²) in [6.45, 7) is 2.74. The Bertz CT molecular complexity index is 1220. The van der Waals surface area contributed by atoms with Crippen molar-refractivity contribution < 1.29 is 14.1 Å². The minimum Gasteiger partial charge on any atom is -0.378 e. The molecule has 154 valence electrons. The predicted octanol–water partition coefficient (Wildman–Crippen LogP) is 4.15. The smallest absolute Gasteiger partial charge is 0.232 e. The number of halogens is 1. The van der Waals surface area contributed by atoms with Crippen molar-refractivity contribution in [2.75, 3.05) is 11.9 Å². The number of rotatable bonds is 4. The average molecular weight is 426 g/mol. The van der Waals surface area contributed by atoms with Crippen LogP contribution in [0.2, 0.25) is 5.02 Å². The van der Waals surface area contributed by atoms with Crippen molar-refractivity contribution >= 4 is 45.1 Å². The fourth-order valence-corrected chi connectivity index (χ4v) is 4.31. The third-order valence-corrected chi connectivity index (χ3v) is 5.64. The van der Waals surface area contributed by atoms with E-state index in [4.69, 9.17) is 25.8 Å². The molecule has 0 radical (unpaired) electrons. The van der Waals surface area contributed by atoms with Gasteiger partial charge in [0.05, 0.1) is 36.0 Å². The van der Waals surface area contributed by atoms with E-state index in [1.54, 1.807) is 6.20 Å². The lowest BCUT2D eigenvalue weighted by atomic mass is 10.0. The Morgan fingerprint density at radius 1 is 1.33 bits per heavy atom. The molecule has 0 bridgehead atoms. The van der Waals surface area contributed by atoms with Gasteiger partial charge >= 0.3 is 0 Å². The molecule has 1 aliphatic rings. The Labute approximate surface area is 177 Å². The SMILES string of the molecule is C[C@@H]1C[C@H](n2c(CC(=O)Nc3cnoc3)nc3cnc4ccc(Cl)cc4c32)CCO1. The van der Waals surface area contributed by atoms with Gasteiger partial charge in [0.25, 0.3) is 0 Å². The number of nitrogens with one attached hydrogen (secondary N) is 1. The van der Waals surface area contributed by atoms with Gasteiger partial charge in [-0.2, -0.15) is 0 Å². The molecule has 1 saturated heterocycles. The van der Waals surface area contributed by atoms with Gasteiger partial charge in [-0.1, -0.05) is 16.8 Å². The second kappa shape index (κ2) is 7.70. The summed E-state index contributed by atoms with van der Waals surface area (Å²) < 4.78 is 12.7. The molecule has 1 amide bonds. The number of carbonyl (C=O) groups excluding carboxylic acids is 1. The molecule has 1 fully saturated rings. The van der Waals surface area contributed by atoms with E-state index in [0.717, 1.165) is 34.8 Å². The monoisotopic (exact) mass is 425 g/mol. The van der Waals surface area contributed by atoms with Crippen LogP contribution in [0.3, 0.4) is 0 Å². The Morgan fingerprint density at radius 3 is 3.03 bits per heavy atom. The Kier molecular flexibility index (Phi) is 4.88. The van der Waals surface area contributed by atoms with Gasteiger partial charge in [0.2, 0.25) is 5.91 Å². The molecule has 3 aromatic heterocycles. The highest BCUT2D eigenvalue weighted by Crippen LogP contribution is 2.34. The van der Waals surface area contributed by atoms with Crippen molar-refractivity contribution in [3.63, 3.8) is 0 Å². The van der Waals surface area contributed by atoms with Crippen molar-refractivity contribution in [2.45, 2.75) is 38.3 Å². The first-order valence-corrected chi connectivity index (χ1v) is 10.2. The van der Waals surface area contributed by atoms with E-state index in [2.05, 4.69) is 26.9 Å². The van der Waals surface area contributed by atoms with Crippen LogP contribution in [0.4, 0.5) is 5.69 Å². The number of fused-ring (bicyclic) bond motifs is 3. The minimum absolute atomic E-state index is 0.119. The van der Waals surface area contributed by atoms with E-state index < -0.39 is 0 Å². The van der Waals surface area contributed by atoms with Gasteiger partial charge < -0.3 is 19.1 Å². The molecule has 4 heterocycles. The van der Waals surface area contributed by atoms with Gasteiger partial charge in [0.1, 0.15) is 23.3 Å². The van der Waals surface area contributed by atoms with Gasteiger partial charge in [-0.15, -0.1) is 0 Å². The van der Waals surface area contributed by atoms with Crippen molar-refractivity contribution in [1.82, 2.24) is 19.7 Å². The van der Waals surface area contributed by atoms with Gasteiger partial charge in [-0.25, -0.2) is 4.98 Å². The second-order valence-corrected chi connectivity index (χ2v) is 7.99. The number of carbonyl (C=O) groups is 1. The highest BCUT2D eigenvalue weighted by atomic mass is 35.5. The van der Waals surface area contributed by atoms with Crippen molar-refractivity contribution in [3.8, 4) is 0 Å². The maximum Gasteiger partial charge on any atom is 0.232 e.